The highest BCUT2D eigenvalue weighted by Crippen LogP contribution is 2.24. The van der Waals surface area contributed by atoms with Crippen LogP contribution < -0.4 is 4.74 Å². The summed E-state index contributed by atoms with van der Waals surface area (Å²) in [4.78, 5) is 3.12. The van der Waals surface area contributed by atoms with E-state index in [1.54, 1.807) is 12.1 Å². The van der Waals surface area contributed by atoms with Crippen LogP contribution in [0.3, 0.4) is 0 Å². The number of nitrogens with zero attached hydrogens (tertiary/aromatic N) is 2. The van der Waals surface area contributed by atoms with Gasteiger partial charge in [-0.05, 0) is 42.3 Å². The van der Waals surface area contributed by atoms with Gasteiger partial charge in [-0.2, -0.15) is 0 Å². The average Bonchev–Trinajstić information content (AvgIpc) is 2.40. The largest absolute Gasteiger partial charge is 0.494 e. The Bertz CT molecular complexity index is 524. The normalized spacial score (nSPS) is 9.65. The second-order valence-corrected chi connectivity index (χ2v) is 3.60. The standard InChI is InChI=1S/C14H13N2O/c1-2-17-14-9-5-12(6-10-14)11-3-7-13(16-15)8-4-11/h3-10H,2H2,1H3/q+1. The predicted octanol–water partition coefficient (Wildman–Crippen LogP) is 4.24. The first-order chi connectivity index (χ1) is 8.33. The molecule has 2 aromatic rings. The van der Waals surface area contributed by atoms with Gasteiger partial charge in [-0.3, -0.25) is 0 Å². The van der Waals surface area contributed by atoms with Crippen molar-refractivity contribution in [3.8, 4) is 16.9 Å². The van der Waals surface area contributed by atoms with E-state index in [4.69, 9.17) is 10.1 Å². The molecule has 0 aliphatic rings. The van der Waals surface area contributed by atoms with Gasteiger partial charge in [0.15, 0.2) is 4.98 Å². The van der Waals surface area contributed by atoms with Gasteiger partial charge in [-0.1, -0.05) is 12.1 Å². The molecular formula is C14H13N2O+. The van der Waals surface area contributed by atoms with E-state index in [0.29, 0.717) is 12.3 Å². The molecule has 0 N–H and O–H groups in total. The van der Waals surface area contributed by atoms with Crippen LogP contribution in [0.5, 0.6) is 5.75 Å². The van der Waals surface area contributed by atoms with Crippen LogP contribution in [-0.4, -0.2) is 6.61 Å². The third-order valence-corrected chi connectivity index (χ3v) is 2.48. The fourth-order valence-corrected chi connectivity index (χ4v) is 1.63. The van der Waals surface area contributed by atoms with E-state index in [2.05, 4.69) is 4.98 Å². The minimum Gasteiger partial charge on any atom is -0.494 e. The fourth-order valence-electron chi connectivity index (χ4n) is 1.63. The van der Waals surface area contributed by atoms with Gasteiger partial charge in [0.1, 0.15) is 5.75 Å². The molecule has 0 heterocycles. The van der Waals surface area contributed by atoms with E-state index >= 15 is 0 Å². The van der Waals surface area contributed by atoms with Crippen molar-refractivity contribution in [2.24, 2.45) is 0 Å². The van der Waals surface area contributed by atoms with Gasteiger partial charge in [0.25, 0.3) is 0 Å². The zero-order valence-electron chi connectivity index (χ0n) is 9.63. The number of ether oxygens (including phenoxy) is 1. The molecular weight excluding hydrogens is 212 g/mol. The maximum atomic E-state index is 8.60. The van der Waals surface area contributed by atoms with Gasteiger partial charge in [0.2, 0.25) is 5.39 Å². The zero-order valence-corrected chi connectivity index (χ0v) is 9.63. The van der Waals surface area contributed by atoms with Crippen LogP contribution in [0.4, 0.5) is 5.69 Å². The number of hydrogen-bond donors (Lipinski definition) is 0. The third kappa shape index (κ3) is 2.61. The van der Waals surface area contributed by atoms with E-state index in [1.165, 1.54) is 0 Å². The van der Waals surface area contributed by atoms with Gasteiger partial charge in [0, 0.05) is 12.1 Å². The zero-order chi connectivity index (χ0) is 12.1. The number of benzene rings is 2. The Balaban J connectivity index is 2.24. The predicted molar refractivity (Wildman–Crippen MR) is 67.8 cm³/mol. The summed E-state index contributed by atoms with van der Waals surface area (Å²) in [6.07, 6.45) is 0. The summed E-state index contributed by atoms with van der Waals surface area (Å²) in [7, 11) is 0. The molecule has 0 aliphatic heterocycles. The SMILES string of the molecule is CCOc1ccc(-c2ccc([N+]#N)cc2)cc1. The molecule has 2 aromatic carbocycles. The summed E-state index contributed by atoms with van der Waals surface area (Å²) in [5.41, 5.74) is 2.75. The molecule has 0 bridgehead atoms. The van der Waals surface area contributed by atoms with E-state index in [1.807, 2.05) is 43.3 Å². The molecule has 0 saturated heterocycles. The van der Waals surface area contributed by atoms with Crippen molar-refractivity contribution >= 4 is 5.69 Å². The first kappa shape index (κ1) is 11.2. The molecule has 84 valence electrons. The third-order valence-electron chi connectivity index (χ3n) is 2.48. The molecule has 0 saturated carbocycles. The average molecular weight is 225 g/mol. The Morgan fingerprint density at radius 3 is 1.94 bits per heavy atom. The van der Waals surface area contributed by atoms with Gasteiger partial charge in [-0.25, -0.2) is 0 Å². The molecule has 0 fully saturated rings. The van der Waals surface area contributed by atoms with Crippen LogP contribution in [0.1, 0.15) is 6.92 Å². The Hall–Kier alpha value is -2.34. The highest BCUT2D eigenvalue weighted by atomic mass is 16.5. The second kappa shape index (κ2) is 5.13. The van der Waals surface area contributed by atoms with Crippen molar-refractivity contribution in [1.29, 1.82) is 5.39 Å². The minimum absolute atomic E-state index is 0.555. The highest BCUT2D eigenvalue weighted by Gasteiger charge is 2.04. The van der Waals surface area contributed by atoms with Crippen molar-refractivity contribution < 1.29 is 4.74 Å². The second-order valence-electron chi connectivity index (χ2n) is 3.60. The van der Waals surface area contributed by atoms with Gasteiger partial charge >= 0.3 is 5.69 Å². The maximum absolute atomic E-state index is 8.60. The van der Waals surface area contributed by atoms with Gasteiger partial charge in [0.05, 0.1) is 6.61 Å². The van der Waals surface area contributed by atoms with Gasteiger partial charge < -0.3 is 4.74 Å². The van der Waals surface area contributed by atoms with Crippen LogP contribution in [0.2, 0.25) is 0 Å². The smallest absolute Gasteiger partial charge is 0.385 e. The Morgan fingerprint density at radius 1 is 0.941 bits per heavy atom. The van der Waals surface area contributed by atoms with Crippen molar-refractivity contribution in [3.05, 3.63) is 53.5 Å². The lowest BCUT2D eigenvalue weighted by Gasteiger charge is -2.04. The molecule has 0 amide bonds. The molecule has 3 heteroatoms. The van der Waals surface area contributed by atoms with E-state index in [0.717, 1.165) is 16.9 Å². The Labute approximate surface area is 100 Å². The van der Waals surface area contributed by atoms with Crippen LogP contribution in [0, 0.1) is 5.39 Å². The van der Waals surface area contributed by atoms with Crippen LogP contribution in [0.15, 0.2) is 48.5 Å². The van der Waals surface area contributed by atoms with Crippen molar-refractivity contribution in [1.82, 2.24) is 0 Å². The summed E-state index contributed by atoms with van der Waals surface area (Å²) in [6.45, 7) is 2.64. The molecule has 2 rings (SSSR count). The lowest BCUT2D eigenvalue weighted by Crippen LogP contribution is -1.90. The van der Waals surface area contributed by atoms with E-state index in [9.17, 15) is 0 Å². The molecule has 0 aliphatic carbocycles. The summed E-state index contributed by atoms with van der Waals surface area (Å²) in [5, 5.41) is 8.60. The number of hydrogen-bond acceptors (Lipinski definition) is 2. The monoisotopic (exact) mass is 225 g/mol. The molecule has 0 radical (unpaired) electrons. The van der Waals surface area contributed by atoms with E-state index < -0.39 is 0 Å². The summed E-state index contributed by atoms with van der Waals surface area (Å²) in [5.74, 6) is 0.873. The number of rotatable bonds is 3. The topological polar surface area (TPSA) is 37.4 Å². The van der Waals surface area contributed by atoms with Crippen molar-refractivity contribution in [2.45, 2.75) is 6.92 Å². The Morgan fingerprint density at radius 2 is 1.47 bits per heavy atom. The molecule has 17 heavy (non-hydrogen) atoms. The summed E-state index contributed by atoms with van der Waals surface area (Å²) < 4.78 is 5.39. The first-order valence-corrected chi connectivity index (χ1v) is 5.52. The van der Waals surface area contributed by atoms with Crippen molar-refractivity contribution in [2.75, 3.05) is 6.61 Å². The summed E-state index contributed by atoms with van der Waals surface area (Å²) in [6, 6.07) is 15.3. The maximum Gasteiger partial charge on any atom is 0.385 e. The van der Waals surface area contributed by atoms with E-state index in [-0.39, 0.29) is 0 Å². The Kier molecular flexibility index (Phi) is 3.37. The quantitative estimate of drug-likeness (QED) is 0.733. The molecule has 0 aromatic heterocycles. The first-order valence-electron chi connectivity index (χ1n) is 5.52. The van der Waals surface area contributed by atoms with Crippen LogP contribution in [-0.2, 0) is 0 Å². The highest BCUT2D eigenvalue weighted by molar-refractivity contribution is 5.66. The lowest BCUT2D eigenvalue weighted by atomic mass is 10.1. The lowest BCUT2D eigenvalue weighted by molar-refractivity contribution is 0.340. The summed E-state index contributed by atoms with van der Waals surface area (Å²) >= 11 is 0. The number of diazo groups is 1. The molecule has 0 spiro atoms. The minimum atomic E-state index is 0.555. The van der Waals surface area contributed by atoms with Crippen molar-refractivity contribution in [3.63, 3.8) is 0 Å². The molecule has 0 atom stereocenters. The molecule has 3 nitrogen and oxygen atoms in total. The van der Waals surface area contributed by atoms with Crippen LogP contribution in [0.25, 0.3) is 16.1 Å². The van der Waals surface area contributed by atoms with Crippen LogP contribution >= 0.6 is 0 Å². The fraction of sp³-hybridized carbons (Fsp3) is 0.143. The van der Waals surface area contributed by atoms with Gasteiger partial charge in [-0.15, -0.1) is 0 Å². The molecule has 0 unspecified atom stereocenters.